The maximum absolute atomic E-state index is 12.1. The fourth-order valence-electron chi connectivity index (χ4n) is 2.45. The van der Waals surface area contributed by atoms with Crippen LogP contribution in [0.2, 0.25) is 0 Å². The Bertz CT molecular complexity index is 513. The van der Waals surface area contributed by atoms with Crippen molar-refractivity contribution in [3.63, 3.8) is 0 Å². The molecule has 0 aliphatic carbocycles. The van der Waals surface area contributed by atoms with Crippen LogP contribution in [-0.4, -0.2) is 24.4 Å². The topological polar surface area (TPSA) is 49.4 Å². The first-order valence-corrected chi connectivity index (χ1v) is 7.19. The van der Waals surface area contributed by atoms with Gasteiger partial charge in [-0.05, 0) is 31.9 Å². The van der Waals surface area contributed by atoms with Gasteiger partial charge in [0.15, 0.2) is 0 Å². The number of benzene rings is 1. The third-order valence-corrected chi connectivity index (χ3v) is 3.90. The third-order valence-electron chi connectivity index (χ3n) is 3.90. The maximum atomic E-state index is 12.1. The SMILES string of the molecule is CC[C@H](C)NC(=O)[C@H]1CC(=O)N(c2ccccc2C)C1. The first-order chi connectivity index (χ1) is 9.52. The van der Waals surface area contributed by atoms with E-state index in [0.717, 1.165) is 17.7 Å². The minimum atomic E-state index is -0.240. The van der Waals surface area contributed by atoms with Crippen LogP contribution < -0.4 is 10.2 Å². The molecule has 108 valence electrons. The van der Waals surface area contributed by atoms with E-state index in [-0.39, 0.29) is 23.8 Å². The summed E-state index contributed by atoms with van der Waals surface area (Å²) in [6.07, 6.45) is 1.20. The second-order valence-electron chi connectivity index (χ2n) is 5.51. The zero-order valence-corrected chi connectivity index (χ0v) is 12.3. The molecule has 4 heteroatoms. The van der Waals surface area contributed by atoms with Gasteiger partial charge in [0.05, 0.1) is 5.92 Å². The number of para-hydroxylation sites is 1. The van der Waals surface area contributed by atoms with Gasteiger partial charge in [-0.15, -0.1) is 0 Å². The molecule has 1 fully saturated rings. The molecular weight excluding hydrogens is 252 g/mol. The van der Waals surface area contributed by atoms with Crippen LogP contribution in [0, 0.1) is 12.8 Å². The lowest BCUT2D eigenvalue weighted by atomic mass is 10.1. The van der Waals surface area contributed by atoms with E-state index in [1.807, 2.05) is 45.0 Å². The molecule has 1 aromatic carbocycles. The Balaban J connectivity index is 2.08. The van der Waals surface area contributed by atoms with Crippen LogP contribution in [-0.2, 0) is 9.59 Å². The number of carbonyl (C=O) groups is 2. The molecule has 0 aromatic heterocycles. The van der Waals surface area contributed by atoms with Crippen molar-refractivity contribution >= 4 is 17.5 Å². The van der Waals surface area contributed by atoms with Gasteiger partial charge in [0.1, 0.15) is 0 Å². The summed E-state index contributed by atoms with van der Waals surface area (Å²) in [5, 5.41) is 2.96. The summed E-state index contributed by atoms with van der Waals surface area (Å²) >= 11 is 0. The summed E-state index contributed by atoms with van der Waals surface area (Å²) in [6, 6.07) is 7.94. The quantitative estimate of drug-likeness (QED) is 0.915. The monoisotopic (exact) mass is 274 g/mol. The van der Waals surface area contributed by atoms with E-state index < -0.39 is 0 Å². The van der Waals surface area contributed by atoms with Crippen molar-refractivity contribution in [3.05, 3.63) is 29.8 Å². The molecule has 1 saturated heterocycles. The third kappa shape index (κ3) is 3.00. The van der Waals surface area contributed by atoms with E-state index >= 15 is 0 Å². The summed E-state index contributed by atoms with van der Waals surface area (Å²) in [7, 11) is 0. The number of hydrogen-bond donors (Lipinski definition) is 1. The zero-order valence-electron chi connectivity index (χ0n) is 12.3. The predicted molar refractivity (Wildman–Crippen MR) is 79.5 cm³/mol. The van der Waals surface area contributed by atoms with Crippen molar-refractivity contribution in [2.75, 3.05) is 11.4 Å². The van der Waals surface area contributed by atoms with E-state index in [0.29, 0.717) is 13.0 Å². The number of hydrogen-bond acceptors (Lipinski definition) is 2. The Kier molecular flexibility index (Phi) is 4.42. The highest BCUT2D eigenvalue weighted by atomic mass is 16.2. The summed E-state index contributed by atoms with van der Waals surface area (Å²) in [5.41, 5.74) is 1.97. The van der Waals surface area contributed by atoms with Crippen molar-refractivity contribution in [2.45, 2.75) is 39.7 Å². The largest absolute Gasteiger partial charge is 0.353 e. The van der Waals surface area contributed by atoms with Crippen LogP contribution in [0.25, 0.3) is 0 Å². The predicted octanol–water partition coefficient (Wildman–Crippen LogP) is 2.26. The molecule has 2 rings (SSSR count). The van der Waals surface area contributed by atoms with Gasteiger partial charge < -0.3 is 10.2 Å². The molecule has 0 saturated carbocycles. The molecule has 4 nitrogen and oxygen atoms in total. The molecule has 0 radical (unpaired) electrons. The molecule has 1 heterocycles. The number of amides is 2. The highest BCUT2D eigenvalue weighted by Crippen LogP contribution is 2.27. The Labute approximate surface area is 120 Å². The molecule has 1 aliphatic heterocycles. The van der Waals surface area contributed by atoms with E-state index in [1.165, 1.54) is 0 Å². The van der Waals surface area contributed by atoms with Crippen LogP contribution in [0.15, 0.2) is 24.3 Å². The van der Waals surface area contributed by atoms with Crippen LogP contribution in [0.3, 0.4) is 0 Å². The molecule has 1 N–H and O–H groups in total. The van der Waals surface area contributed by atoms with Crippen molar-refractivity contribution in [1.29, 1.82) is 0 Å². The molecule has 20 heavy (non-hydrogen) atoms. The molecular formula is C16H22N2O2. The molecule has 1 aliphatic rings. The van der Waals surface area contributed by atoms with E-state index in [1.54, 1.807) is 4.90 Å². The fraction of sp³-hybridized carbons (Fsp3) is 0.500. The number of rotatable bonds is 4. The number of carbonyl (C=O) groups excluding carboxylic acids is 2. The summed E-state index contributed by atoms with van der Waals surface area (Å²) < 4.78 is 0. The Morgan fingerprint density at radius 2 is 2.15 bits per heavy atom. The van der Waals surface area contributed by atoms with Crippen molar-refractivity contribution in [2.24, 2.45) is 5.92 Å². The lowest BCUT2D eigenvalue weighted by molar-refractivity contribution is -0.126. The fourth-order valence-corrected chi connectivity index (χ4v) is 2.45. The number of nitrogens with zero attached hydrogens (tertiary/aromatic N) is 1. The van der Waals surface area contributed by atoms with Gasteiger partial charge >= 0.3 is 0 Å². The molecule has 0 bridgehead atoms. The lowest BCUT2D eigenvalue weighted by Crippen LogP contribution is -2.38. The van der Waals surface area contributed by atoms with E-state index in [9.17, 15) is 9.59 Å². The summed E-state index contributed by atoms with van der Waals surface area (Å²) in [4.78, 5) is 26.0. The van der Waals surface area contributed by atoms with Gasteiger partial charge in [-0.1, -0.05) is 25.1 Å². The van der Waals surface area contributed by atoms with Gasteiger partial charge in [-0.25, -0.2) is 0 Å². The highest BCUT2D eigenvalue weighted by Gasteiger charge is 2.35. The van der Waals surface area contributed by atoms with Gasteiger partial charge in [0.25, 0.3) is 0 Å². The second-order valence-corrected chi connectivity index (χ2v) is 5.51. The van der Waals surface area contributed by atoms with Crippen LogP contribution in [0.5, 0.6) is 0 Å². The Morgan fingerprint density at radius 3 is 2.80 bits per heavy atom. The maximum Gasteiger partial charge on any atom is 0.227 e. The molecule has 1 aromatic rings. The van der Waals surface area contributed by atoms with E-state index in [4.69, 9.17) is 0 Å². The second kappa shape index (κ2) is 6.07. The Morgan fingerprint density at radius 1 is 1.45 bits per heavy atom. The standard InChI is InChI=1S/C16H22N2O2/c1-4-12(3)17-16(20)13-9-15(19)18(10-13)14-8-6-5-7-11(14)2/h5-8,12-13H,4,9-10H2,1-3H3,(H,17,20)/t12-,13-/m0/s1. The smallest absolute Gasteiger partial charge is 0.227 e. The summed E-state index contributed by atoms with van der Waals surface area (Å²) in [5.74, 6) is -0.219. The van der Waals surface area contributed by atoms with Crippen molar-refractivity contribution in [3.8, 4) is 0 Å². The zero-order chi connectivity index (χ0) is 14.7. The molecule has 0 unspecified atom stereocenters. The van der Waals surface area contributed by atoms with Crippen LogP contribution >= 0.6 is 0 Å². The molecule has 0 spiro atoms. The van der Waals surface area contributed by atoms with Gasteiger partial charge in [0.2, 0.25) is 11.8 Å². The van der Waals surface area contributed by atoms with E-state index in [2.05, 4.69) is 5.32 Å². The minimum absolute atomic E-state index is 0.0104. The van der Waals surface area contributed by atoms with Crippen LogP contribution in [0.4, 0.5) is 5.69 Å². The van der Waals surface area contributed by atoms with Gasteiger partial charge in [0, 0.05) is 24.7 Å². The first kappa shape index (κ1) is 14.6. The highest BCUT2D eigenvalue weighted by molar-refractivity contribution is 6.00. The van der Waals surface area contributed by atoms with Crippen LogP contribution in [0.1, 0.15) is 32.3 Å². The lowest BCUT2D eigenvalue weighted by Gasteiger charge is -2.19. The number of anilines is 1. The number of nitrogens with one attached hydrogen (secondary N) is 1. The summed E-state index contributed by atoms with van der Waals surface area (Å²) in [6.45, 7) is 6.47. The van der Waals surface area contributed by atoms with Crippen molar-refractivity contribution in [1.82, 2.24) is 5.32 Å². The van der Waals surface area contributed by atoms with Gasteiger partial charge in [-0.3, -0.25) is 9.59 Å². The molecule has 2 amide bonds. The minimum Gasteiger partial charge on any atom is -0.353 e. The van der Waals surface area contributed by atoms with Crippen molar-refractivity contribution < 1.29 is 9.59 Å². The number of aryl methyl sites for hydroxylation is 1. The molecule has 2 atom stereocenters. The Hall–Kier alpha value is -1.84. The average Bonchev–Trinajstić information content (AvgIpc) is 2.81. The first-order valence-electron chi connectivity index (χ1n) is 7.19. The average molecular weight is 274 g/mol. The normalized spacial score (nSPS) is 20.1. The van der Waals surface area contributed by atoms with Gasteiger partial charge in [-0.2, -0.15) is 0 Å².